The van der Waals surface area contributed by atoms with Gasteiger partial charge in [-0.3, -0.25) is 0 Å². The molecular formula is C11H16O4S. The minimum Gasteiger partial charge on any atom is -0.495 e. The lowest BCUT2D eigenvalue weighted by Crippen LogP contribution is -2.35. The summed E-state index contributed by atoms with van der Waals surface area (Å²) in [6.07, 6.45) is 0. The largest absolute Gasteiger partial charge is 0.495 e. The normalized spacial score (nSPS) is 12.5. The summed E-state index contributed by atoms with van der Waals surface area (Å²) in [5, 5.41) is 9.13. The smallest absolute Gasteiger partial charge is 0.189 e. The van der Waals surface area contributed by atoms with Crippen LogP contribution in [0, 0.1) is 0 Å². The maximum Gasteiger partial charge on any atom is 0.189 e. The maximum atomic E-state index is 12.2. The molecule has 90 valence electrons. The average molecular weight is 244 g/mol. The van der Waals surface area contributed by atoms with Gasteiger partial charge in [0.05, 0.1) is 18.5 Å². The van der Waals surface area contributed by atoms with Crippen molar-refractivity contribution in [3.05, 3.63) is 24.3 Å². The maximum absolute atomic E-state index is 12.2. The predicted molar refractivity (Wildman–Crippen MR) is 61.3 cm³/mol. The summed E-state index contributed by atoms with van der Waals surface area (Å²) in [5.41, 5.74) is 0. The van der Waals surface area contributed by atoms with E-state index in [0.29, 0.717) is 5.75 Å². The molecule has 1 rings (SSSR count). The van der Waals surface area contributed by atoms with Crippen LogP contribution in [0.25, 0.3) is 0 Å². The van der Waals surface area contributed by atoms with Gasteiger partial charge in [0.15, 0.2) is 9.84 Å². The van der Waals surface area contributed by atoms with E-state index >= 15 is 0 Å². The molecule has 0 saturated heterocycles. The minimum absolute atomic E-state index is 0.108. The van der Waals surface area contributed by atoms with Crippen molar-refractivity contribution in [2.45, 2.75) is 23.5 Å². The van der Waals surface area contributed by atoms with Crippen LogP contribution in [-0.2, 0) is 9.84 Å². The summed E-state index contributed by atoms with van der Waals surface area (Å²) < 4.78 is 28.2. The molecule has 0 amide bonds. The number of rotatable bonds is 4. The fraction of sp³-hybridized carbons (Fsp3) is 0.455. The molecule has 0 aliphatic carbocycles. The van der Waals surface area contributed by atoms with Crippen LogP contribution in [0.3, 0.4) is 0 Å². The van der Waals surface area contributed by atoms with E-state index in [2.05, 4.69) is 0 Å². The molecule has 0 atom stereocenters. The van der Waals surface area contributed by atoms with Crippen molar-refractivity contribution < 1.29 is 18.3 Å². The van der Waals surface area contributed by atoms with Crippen LogP contribution in [0.1, 0.15) is 13.8 Å². The van der Waals surface area contributed by atoms with Crippen LogP contribution in [-0.4, -0.2) is 32.0 Å². The Morgan fingerprint density at radius 1 is 1.31 bits per heavy atom. The summed E-state index contributed by atoms with van der Waals surface area (Å²) >= 11 is 0. The lowest BCUT2D eigenvalue weighted by Gasteiger charge is -2.23. The summed E-state index contributed by atoms with van der Waals surface area (Å²) in [6, 6.07) is 6.39. The van der Waals surface area contributed by atoms with Gasteiger partial charge in [-0.15, -0.1) is 0 Å². The second kappa shape index (κ2) is 4.43. The average Bonchev–Trinajstić information content (AvgIpc) is 2.28. The zero-order valence-electron chi connectivity index (χ0n) is 9.60. The van der Waals surface area contributed by atoms with Gasteiger partial charge >= 0.3 is 0 Å². The fourth-order valence-corrected chi connectivity index (χ4v) is 2.66. The van der Waals surface area contributed by atoms with Crippen molar-refractivity contribution >= 4 is 9.84 Å². The Balaban J connectivity index is 3.39. The highest BCUT2D eigenvalue weighted by atomic mass is 32.2. The molecule has 0 bridgehead atoms. The summed E-state index contributed by atoms with van der Waals surface area (Å²) in [4.78, 5) is 0.108. The number of ether oxygens (including phenoxy) is 1. The first-order valence-electron chi connectivity index (χ1n) is 4.85. The lowest BCUT2D eigenvalue weighted by molar-refractivity contribution is 0.258. The monoisotopic (exact) mass is 244 g/mol. The van der Waals surface area contributed by atoms with Gasteiger partial charge in [0.25, 0.3) is 0 Å². The molecule has 5 heteroatoms. The van der Waals surface area contributed by atoms with E-state index in [9.17, 15) is 8.42 Å². The van der Waals surface area contributed by atoms with Crippen LogP contribution in [0.15, 0.2) is 29.2 Å². The summed E-state index contributed by atoms with van der Waals surface area (Å²) in [5.74, 6) is 0.295. The van der Waals surface area contributed by atoms with Gasteiger partial charge in [-0.05, 0) is 26.0 Å². The number of aliphatic hydroxyl groups is 1. The second-order valence-corrected chi connectivity index (χ2v) is 6.62. The van der Waals surface area contributed by atoms with E-state index in [1.165, 1.54) is 27.0 Å². The Morgan fingerprint density at radius 2 is 1.88 bits per heavy atom. The van der Waals surface area contributed by atoms with E-state index in [1.807, 2.05) is 0 Å². The Hall–Kier alpha value is -1.07. The SMILES string of the molecule is COc1ccccc1S(=O)(=O)C(C)(C)CO. The third-order valence-corrected chi connectivity index (χ3v) is 4.97. The number of hydrogen-bond acceptors (Lipinski definition) is 4. The highest BCUT2D eigenvalue weighted by Crippen LogP contribution is 2.31. The van der Waals surface area contributed by atoms with Crippen molar-refractivity contribution in [3.63, 3.8) is 0 Å². The first kappa shape index (κ1) is 13.0. The molecular weight excluding hydrogens is 228 g/mol. The molecule has 0 spiro atoms. The van der Waals surface area contributed by atoms with Gasteiger partial charge in [0, 0.05) is 0 Å². The Morgan fingerprint density at radius 3 is 2.38 bits per heavy atom. The van der Waals surface area contributed by atoms with Gasteiger partial charge < -0.3 is 9.84 Å². The molecule has 0 aromatic heterocycles. The number of hydrogen-bond donors (Lipinski definition) is 1. The fourth-order valence-electron chi connectivity index (χ4n) is 1.22. The summed E-state index contributed by atoms with van der Waals surface area (Å²) in [6.45, 7) is 2.52. The zero-order valence-corrected chi connectivity index (χ0v) is 10.4. The molecule has 1 aromatic rings. The van der Waals surface area contributed by atoms with Gasteiger partial charge in [-0.2, -0.15) is 0 Å². The van der Waals surface area contributed by atoms with E-state index in [0.717, 1.165) is 0 Å². The van der Waals surface area contributed by atoms with Crippen LogP contribution in [0.2, 0.25) is 0 Å². The third-order valence-electron chi connectivity index (χ3n) is 2.47. The highest BCUT2D eigenvalue weighted by Gasteiger charge is 2.36. The van der Waals surface area contributed by atoms with E-state index < -0.39 is 21.2 Å². The van der Waals surface area contributed by atoms with Crippen molar-refractivity contribution in [1.29, 1.82) is 0 Å². The van der Waals surface area contributed by atoms with E-state index in [4.69, 9.17) is 9.84 Å². The molecule has 0 unspecified atom stereocenters. The van der Waals surface area contributed by atoms with Crippen LogP contribution < -0.4 is 4.74 Å². The predicted octanol–water partition coefficient (Wildman–Crippen LogP) is 1.24. The second-order valence-electron chi connectivity index (χ2n) is 4.07. The van der Waals surface area contributed by atoms with Gasteiger partial charge in [-0.25, -0.2) is 8.42 Å². The first-order valence-corrected chi connectivity index (χ1v) is 6.33. The number of para-hydroxylation sites is 1. The highest BCUT2D eigenvalue weighted by molar-refractivity contribution is 7.93. The minimum atomic E-state index is -3.61. The number of methoxy groups -OCH3 is 1. The molecule has 0 heterocycles. The van der Waals surface area contributed by atoms with Crippen molar-refractivity contribution in [2.75, 3.05) is 13.7 Å². The standard InChI is InChI=1S/C11H16O4S/c1-11(2,8-12)16(13,14)10-7-5-4-6-9(10)15-3/h4-7,12H,8H2,1-3H3. The molecule has 1 aromatic carbocycles. The lowest BCUT2D eigenvalue weighted by atomic mass is 10.2. The van der Waals surface area contributed by atoms with Crippen LogP contribution >= 0.6 is 0 Å². The molecule has 16 heavy (non-hydrogen) atoms. The zero-order chi connectivity index (χ0) is 12.4. The molecule has 0 fully saturated rings. The topological polar surface area (TPSA) is 63.6 Å². The molecule has 1 N–H and O–H groups in total. The molecule has 0 saturated carbocycles. The van der Waals surface area contributed by atoms with Gasteiger partial charge in [-0.1, -0.05) is 12.1 Å². The Bertz CT molecular complexity index is 463. The van der Waals surface area contributed by atoms with Crippen molar-refractivity contribution in [3.8, 4) is 5.75 Å². The Labute approximate surface area is 95.8 Å². The first-order chi connectivity index (χ1) is 7.36. The number of benzene rings is 1. The number of aliphatic hydroxyl groups excluding tert-OH is 1. The molecule has 4 nitrogen and oxygen atoms in total. The van der Waals surface area contributed by atoms with Crippen LogP contribution in [0.5, 0.6) is 5.75 Å². The molecule has 0 aliphatic rings. The molecule has 0 aliphatic heterocycles. The van der Waals surface area contributed by atoms with Gasteiger partial charge in [0.1, 0.15) is 10.6 Å². The van der Waals surface area contributed by atoms with Gasteiger partial charge in [0.2, 0.25) is 0 Å². The quantitative estimate of drug-likeness (QED) is 0.865. The van der Waals surface area contributed by atoms with Crippen molar-refractivity contribution in [2.24, 2.45) is 0 Å². The van der Waals surface area contributed by atoms with Crippen molar-refractivity contribution in [1.82, 2.24) is 0 Å². The number of sulfone groups is 1. The third kappa shape index (κ3) is 2.05. The van der Waals surface area contributed by atoms with Crippen LogP contribution in [0.4, 0.5) is 0 Å². The molecule has 0 radical (unpaired) electrons. The summed E-state index contributed by atoms with van der Waals surface area (Å²) in [7, 11) is -2.19. The Kier molecular flexibility index (Phi) is 3.60. The van der Waals surface area contributed by atoms with E-state index in [1.54, 1.807) is 18.2 Å². The van der Waals surface area contributed by atoms with E-state index in [-0.39, 0.29) is 4.90 Å².